The normalized spacial score (nSPS) is 14.2. The van der Waals surface area contributed by atoms with Crippen LogP contribution in [0, 0.1) is 0 Å². The Hall–Kier alpha value is -1.55. The van der Waals surface area contributed by atoms with E-state index in [1.54, 1.807) is 35.5 Å². The lowest BCUT2D eigenvalue weighted by Gasteiger charge is -2.09. The third-order valence-electron chi connectivity index (χ3n) is 4.06. The molecule has 1 aliphatic carbocycles. The number of nitrogens with two attached hydrogens (primary N) is 2. The largest absolute Gasteiger partial charge is 0.368 e. The second-order valence-corrected chi connectivity index (χ2v) is 8.49. The van der Waals surface area contributed by atoms with Crippen LogP contribution in [0.3, 0.4) is 0 Å². The summed E-state index contributed by atoms with van der Waals surface area (Å²) in [5.41, 5.74) is 6.31. The Morgan fingerprint density at radius 2 is 1.88 bits per heavy atom. The van der Waals surface area contributed by atoms with Gasteiger partial charge in [0.15, 0.2) is 5.13 Å². The van der Waals surface area contributed by atoms with E-state index < -0.39 is 0 Å². The number of rotatable bonds is 4. The molecule has 3 aromatic rings. The average Bonchev–Trinajstić information content (AvgIpc) is 3.31. The van der Waals surface area contributed by atoms with Crippen molar-refractivity contribution < 1.29 is 0 Å². The molecule has 138 valence electrons. The first-order valence-electron chi connectivity index (χ1n) is 8.33. The molecule has 0 bridgehead atoms. The molecule has 0 radical (unpaired) electrons. The van der Waals surface area contributed by atoms with Crippen LogP contribution in [0.5, 0.6) is 0 Å². The number of thioether (sulfide) groups is 1. The maximum atomic E-state index is 5.56. The van der Waals surface area contributed by atoms with Gasteiger partial charge in [-0.15, -0.1) is 11.8 Å². The fraction of sp³-hybridized carbons (Fsp3) is 0.353. The van der Waals surface area contributed by atoms with Crippen molar-refractivity contribution in [1.29, 1.82) is 0 Å². The van der Waals surface area contributed by atoms with E-state index in [-0.39, 0.29) is 0 Å². The van der Waals surface area contributed by atoms with Crippen LogP contribution in [0.25, 0.3) is 10.2 Å². The third-order valence-corrected chi connectivity index (χ3v) is 6.22. The molecule has 1 aliphatic rings. The van der Waals surface area contributed by atoms with E-state index in [2.05, 4.69) is 26.3 Å². The highest BCUT2D eigenvalue weighted by Crippen LogP contribution is 2.31. The first kappa shape index (κ1) is 19.2. The van der Waals surface area contributed by atoms with Crippen LogP contribution in [0.4, 0.5) is 11.1 Å². The molecule has 9 heteroatoms. The number of nitrogens with zero attached hydrogens (tertiary/aromatic N) is 3. The lowest BCUT2D eigenvalue weighted by atomic mass is 10.3. The Kier molecular flexibility index (Phi) is 6.95. The van der Waals surface area contributed by atoms with Gasteiger partial charge >= 0.3 is 0 Å². The molecule has 0 aliphatic heterocycles. The van der Waals surface area contributed by atoms with Crippen molar-refractivity contribution in [3.63, 3.8) is 0 Å². The van der Waals surface area contributed by atoms with E-state index in [0.717, 1.165) is 20.4 Å². The summed E-state index contributed by atoms with van der Waals surface area (Å²) in [5.74, 6) is 0.327. The Labute approximate surface area is 165 Å². The minimum Gasteiger partial charge on any atom is -0.368 e. The van der Waals surface area contributed by atoms with E-state index in [0.29, 0.717) is 12.0 Å². The maximum Gasteiger partial charge on any atom is 0.219 e. The van der Waals surface area contributed by atoms with Gasteiger partial charge in [0.1, 0.15) is 0 Å². The molecule has 2 aromatic heterocycles. The molecular weight excluding hydrogens is 384 g/mol. The summed E-state index contributed by atoms with van der Waals surface area (Å²) >= 11 is 4.60. The summed E-state index contributed by atoms with van der Waals surface area (Å²) in [5, 5.41) is 10.1. The smallest absolute Gasteiger partial charge is 0.219 e. The quantitative estimate of drug-likeness (QED) is 0.433. The lowest BCUT2D eigenvalue weighted by molar-refractivity contribution is 0.754. The van der Waals surface area contributed by atoms with Crippen LogP contribution in [-0.4, -0.2) is 27.2 Å². The van der Waals surface area contributed by atoms with Gasteiger partial charge in [0.25, 0.3) is 0 Å². The van der Waals surface area contributed by atoms with Gasteiger partial charge in [-0.1, -0.05) is 24.2 Å². The summed E-state index contributed by atoms with van der Waals surface area (Å²) < 4.78 is 1.21. The standard InChI is InChI=1S/C12H15N3S2.C5H7N3S/c13-17-9-5-6-10-11(7-9)16-12(15-10)14-8-3-1-2-4-8;1-9-4-2-7-5(6)8-3-4/h5-8H,1-4,13H2,(H,14,15);2-3H,1H3,(H2,6,7,8). The van der Waals surface area contributed by atoms with Gasteiger partial charge in [0.05, 0.1) is 10.2 Å². The van der Waals surface area contributed by atoms with Gasteiger partial charge in [0, 0.05) is 28.2 Å². The summed E-state index contributed by atoms with van der Waals surface area (Å²) in [6.07, 6.45) is 10.6. The summed E-state index contributed by atoms with van der Waals surface area (Å²) in [4.78, 5) is 14.3. The molecule has 2 heterocycles. The number of hydrogen-bond acceptors (Lipinski definition) is 9. The van der Waals surface area contributed by atoms with E-state index in [9.17, 15) is 0 Å². The molecule has 1 aromatic carbocycles. The van der Waals surface area contributed by atoms with E-state index in [1.807, 2.05) is 18.4 Å². The van der Waals surface area contributed by atoms with Crippen LogP contribution in [0.1, 0.15) is 25.7 Å². The van der Waals surface area contributed by atoms with Crippen LogP contribution in [0.2, 0.25) is 0 Å². The molecule has 26 heavy (non-hydrogen) atoms. The number of thiazole rings is 1. The monoisotopic (exact) mass is 406 g/mol. The van der Waals surface area contributed by atoms with Crippen molar-refractivity contribution in [2.24, 2.45) is 5.14 Å². The number of hydrogen-bond donors (Lipinski definition) is 3. The maximum absolute atomic E-state index is 5.56. The number of fused-ring (bicyclic) bond motifs is 1. The Morgan fingerprint density at radius 1 is 1.15 bits per heavy atom. The summed E-state index contributed by atoms with van der Waals surface area (Å²) in [6, 6.07) is 6.80. The average molecular weight is 407 g/mol. The second kappa shape index (κ2) is 9.40. The number of nitrogen functional groups attached to an aromatic ring is 1. The summed E-state index contributed by atoms with van der Waals surface area (Å²) in [6.45, 7) is 0. The topological polar surface area (TPSA) is 103 Å². The highest BCUT2D eigenvalue weighted by Gasteiger charge is 2.16. The van der Waals surface area contributed by atoms with Gasteiger partial charge in [-0.2, -0.15) is 0 Å². The Morgan fingerprint density at radius 3 is 2.54 bits per heavy atom. The highest BCUT2D eigenvalue weighted by atomic mass is 32.2. The van der Waals surface area contributed by atoms with E-state index in [1.165, 1.54) is 42.3 Å². The molecule has 4 rings (SSSR count). The molecule has 5 N–H and O–H groups in total. The van der Waals surface area contributed by atoms with Crippen molar-refractivity contribution >= 4 is 56.3 Å². The molecule has 0 spiro atoms. The summed E-state index contributed by atoms with van der Waals surface area (Å²) in [7, 11) is 0. The van der Waals surface area contributed by atoms with Crippen LogP contribution in [-0.2, 0) is 0 Å². The first-order chi connectivity index (χ1) is 12.7. The Bertz CT molecular complexity index is 830. The van der Waals surface area contributed by atoms with Gasteiger partial charge in [0.2, 0.25) is 5.95 Å². The second-order valence-electron chi connectivity index (χ2n) is 5.87. The molecule has 1 saturated carbocycles. The van der Waals surface area contributed by atoms with Crippen molar-refractivity contribution in [3.8, 4) is 0 Å². The SMILES string of the molecule is CSc1cnc(N)nc1.NSc1ccc2nc(NC3CCCC3)sc2c1. The zero-order chi connectivity index (χ0) is 18.4. The zero-order valence-electron chi connectivity index (χ0n) is 14.5. The highest BCUT2D eigenvalue weighted by molar-refractivity contribution is 7.98. The van der Waals surface area contributed by atoms with Crippen LogP contribution < -0.4 is 16.2 Å². The molecule has 0 atom stereocenters. The number of aromatic nitrogens is 3. The van der Waals surface area contributed by atoms with Gasteiger partial charge in [-0.25, -0.2) is 15.0 Å². The van der Waals surface area contributed by atoms with E-state index >= 15 is 0 Å². The number of benzene rings is 1. The molecule has 6 nitrogen and oxygen atoms in total. The lowest BCUT2D eigenvalue weighted by Crippen LogP contribution is -2.13. The van der Waals surface area contributed by atoms with Gasteiger partial charge < -0.3 is 11.1 Å². The zero-order valence-corrected chi connectivity index (χ0v) is 17.0. The van der Waals surface area contributed by atoms with Crippen molar-refractivity contribution in [2.75, 3.05) is 17.3 Å². The van der Waals surface area contributed by atoms with Crippen LogP contribution in [0.15, 0.2) is 40.4 Å². The predicted molar refractivity (Wildman–Crippen MR) is 114 cm³/mol. The predicted octanol–water partition coefficient (Wildman–Crippen LogP) is 4.40. The minimum atomic E-state index is 0.327. The Balaban J connectivity index is 0.000000185. The fourth-order valence-electron chi connectivity index (χ4n) is 2.72. The van der Waals surface area contributed by atoms with Crippen molar-refractivity contribution in [2.45, 2.75) is 41.5 Å². The van der Waals surface area contributed by atoms with Gasteiger partial charge in [-0.3, -0.25) is 5.14 Å². The van der Waals surface area contributed by atoms with Crippen LogP contribution >= 0.6 is 35.0 Å². The molecule has 0 unspecified atom stereocenters. The van der Waals surface area contributed by atoms with Crippen molar-refractivity contribution in [3.05, 3.63) is 30.6 Å². The van der Waals surface area contributed by atoms with Crippen molar-refractivity contribution in [1.82, 2.24) is 15.0 Å². The fourth-order valence-corrected chi connectivity index (χ4v) is 4.42. The number of nitrogens with one attached hydrogen (secondary N) is 1. The minimum absolute atomic E-state index is 0.327. The number of anilines is 2. The third kappa shape index (κ3) is 5.23. The molecule has 0 saturated heterocycles. The molecule has 0 amide bonds. The molecular formula is C17H22N6S3. The first-order valence-corrected chi connectivity index (χ1v) is 11.3. The molecule has 1 fully saturated rings. The van der Waals surface area contributed by atoms with E-state index in [4.69, 9.17) is 10.9 Å². The van der Waals surface area contributed by atoms with Gasteiger partial charge in [-0.05, 0) is 49.2 Å².